The molecule has 0 spiro atoms. The molecule has 2 fully saturated rings. The van der Waals surface area contributed by atoms with E-state index in [0.29, 0.717) is 37.8 Å². The van der Waals surface area contributed by atoms with Crippen LogP contribution in [0, 0.1) is 0 Å². The van der Waals surface area contributed by atoms with Gasteiger partial charge in [0.05, 0.1) is 6.10 Å². The fourth-order valence-electron chi connectivity index (χ4n) is 2.38. The Balaban J connectivity index is 1.64. The van der Waals surface area contributed by atoms with Crippen molar-refractivity contribution in [2.45, 2.75) is 44.0 Å². The van der Waals surface area contributed by atoms with E-state index in [2.05, 4.69) is 4.90 Å². The van der Waals surface area contributed by atoms with Crippen LogP contribution in [0.5, 0.6) is 0 Å². The Morgan fingerprint density at radius 3 is 2.35 bits per heavy atom. The van der Waals surface area contributed by atoms with Crippen molar-refractivity contribution in [1.29, 1.82) is 0 Å². The molecule has 2 aliphatic rings. The molecule has 0 bridgehead atoms. The van der Waals surface area contributed by atoms with Gasteiger partial charge in [0.15, 0.2) is 0 Å². The van der Waals surface area contributed by atoms with Gasteiger partial charge < -0.3 is 4.74 Å². The van der Waals surface area contributed by atoms with Crippen molar-refractivity contribution < 1.29 is 22.7 Å². The summed E-state index contributed by atoms with van der Waals surface area (Å²) >= 11 is 0. The van der Waals surface area contributed by atoms with Gasteiger partial charge >= 0.3 is 6.18 Å². The summed E-state index contributed by atoms with van der Waals surface area (Å²) in [5.74, 6) is 0.298. The number of carbonyl (C=O) groups is 1. The van der Waals surface area contributed by atoms with Gasteiger partial charge in [0.1, 0.15) is 12.4 Å². The molecule has 1 saturated carbocycles. The molecule has 0 atom stereocenters. The largest absolute Gasteiger partial charge is 0.411 e. The van der Waals surface area contributed by atoms with Gasteiger partial charge in [-0.25, -0.2) is 0 Å². The minimum atomic E-state index is -4.24. The Hall–Kier alpha value is -0.620. The summed E-state index contributed by atoms with van der Waals surface area (Å²) in [6.07, 6.45) is -1.65. The Morgan fingerprint density at radius 2 is 1.82 bits per heavy atom. The van der Waals surface area contributed by atoms with Gasteiger partial charge in [-0.2, -0.15) is 13.2 Å². The molecule has 0 aromatic heterocycles. The first-order valence-electron chi connectivity index (χ1n) is 5.88. The summed E-state index contributed by atoms with van der Waals surface area (Å²) in [6.45, 7) is -0.0292. The van der Waals surface area contributed by atoms with Crippen molar-refractivity contribution >= 4 is 5.78 Å². The van der Waals surface area contributed by atoms with E-state index in [-0.39, 0.29) is 6.10 Å². The number of carbonyl (C=O) groups excluding carboxylic acids is 1. The van der Waals surface area contributed by atoms with Gasteiger partial charge in [0, 0.05) is 32.0 Å². The van der Waals surface area contributed by atoms with E-state index in [1.165, 1.54) is 0 Å². The molecular weight excluding hydrogens is 235 g/mol. The third-order valence-corrected chi connectivity index (χ3v) is 3.39. The number of ketones is 1. The lowest BCUT2D eigenvalue weighted by Gasteiger charge is -2.45. The summed E-state index contributed by atoms with van der Waals surface area (Å²) in [4.78, 5) is 13.2. The Labute approximate surface area is 97.9 Å². The maximum absolute atomic E-state index is 11.9. The molecule has 98 valence electrons. The number of rotatable bonds is 3. The molecule has 0 N–H and O–H groups in total. The summed E-state index contributed by atoms with van der Waals surface area (Å²) in [6, 6.07) is 0.360. The third-order valence-electron chi connectivity index (χ3n) is 3.39. The number of nitrogens with zero attached hydrogens (tertiary/aromatic N) is 1. The highest BCUT2D eigenvalue weighted by atomic mass is 19.4. The van der Waals surface area contributed by atoms with Crippen LogP contribution in [0.1, 0.15) is 25.7 Å². The molecule has 1 aliphatic heterocycles. The molecule has 0 radical (unpaired) electrons. The van der Waals surface area contributed by atoms with E-state index in [1.54, 1.807) is 0 Å². The lowest BCUT2D eigenvalue weighted by atomic mass is 9.91. The van der Waals surface area contributed by atoms with Crippen LogP contribution in [-0.2, 0) is 9.53 Å². The zero-order valence-corrected chi connectivity index (χ0v) is 9.50. The molecule has 17 heavy (non-hydrogen) atoms. The Bertz CT molecular complexity index is 277. The quantitative estimate of drug-likeness (QED) is 0.765. The van der Waals surface area contributed by atoms with Gasteiger partial charge in [-0.1, -0.05) is 0 Å². The zero-order valence-electron chi connectivity index (χ0n) is 9.50. The normalized spacial score (nSPS) is 25.0. The third kappa shape index (κ3) is 3.67. The lowest BCUT2D eigenvalue weighted by molar-refractivity contribution is -0.202. The molecule has 1 aliphatic carbocycles. The average molecular weight is 251 g/mol. The van der Waals surface area contributed by atoms with E-state index in [0.717, 1.165) is 12.8 Å². The average Bonchev–Trinajstić information content (AvgIpc) is 2.16. The maximum atomic E-state index is 11.9. The molecule has 0 aromatic carbocycles. The number of alkyl halides is 3. The van der Waals surface area contributed by atoms with Crippen molar-refractivity contribution in [3.05, 3.63) is 0 Å². The van der Waals surface area contributed by atoms with Gasteiger partial charge in [0.2, 0.25) is 0 Å². The molecule has 1 saturated heterocycles. The minimum absolute atomic E-state index is 0.297. The highest BCUT2D eigenvalue weighted by Crippen LogP contribution is 2.26. The van der Waals surface area contributed by atoms with E-state index in [9.17, 15) is 18.0 Å². The molecular formula is C11H16F3NO2. The van der Waals surface area contributed by atoms with E-state index < -0.39 is 12.8 Å². The molecule has 6 heteroatoms. The van der Waals surface area contributed by atoms with Crippen molar-refractivity contribution in [3.63, 3.8) is 0 Å². The summed E-state index contributed by atoms with van der Waals surface area (Å²) in [7, 11) is 0. The second kappa shape index (κ2) is 4.94. The predicted molar refractivity (Wildman–Crippen MR) is 54.6 cm³/mol. The monoisotopic (exact) mass is 251 g/mol. The highest BCUT2D eigenvalue weighted by molar-refractivity contribution is 5.79. The second-order valence-electron chi connectivity index (χ2n) is 4.77. The fourth-order valence-corrected chi connectivity index (χ4v) is 2.38. The lowest BCUT2D eigenvalue weighted by Crippen LogP contribution is -2.57. The van der Waals surface area contributed by atoms with Crippen LogP contribution in [0.4, 0.5) is 13.2 Å². The van der Waals surface area contributed by atoms with E-state index >= 15 is 0 Å². The van der Waals surface area contributed by atoms with Crippen LogP contribution in [0.15, 0.2) is 0 Å². The van der Waals surface area contributed by atoms with Crippen LogP contribution in [-0.4, -0.2) is 48.7 Å². The first kappa shape index (κ1) is 12.8. The van der Waals surface area contributed by atoms with Gasteiger partial charge in [-0.3, -0.25) is 9.69 Å². The number of likely N-dealkylation sites (tertiary alicyclic amines) is 1. The Kier molecular flexibility index (Phi) is 3.73. The number of halogens is 3. The molecule has 0 unspecified atom stereocenters. The number of Topliss-reactive ketones (excluding diaryl/α,β-unsaturated/α-hetero) is 1. The summed E-state index contributed by atoms with van der Waals surface area (Å²) in [5, 5.41) is 0. The first-order chi connectivity index (χ1) is 7.94. The van der Waals surface area contributed by atoms with Crippen LogP contribution in [0.3, 0.4) is 0 Å². The minimum Gasteiger partial charge on any atom is -0.366 e. The smallest absolute Gasteiger partial charge is 0.366 e. The number of ether oxygens (including phenoxy) is 1. The molecule has 3 nitrogen and oxygen atoms in total. The number of hydrogen-bond acceptors (Lipinski definition) is 3. The van der Waals surface area contributed by atoms with Crippen LogP contribution in [0.25, 0.3) is 0 Å². The van der Waals surface area contributed by atoms with Gasteiger partial charge in [0.25, 0.3) is 0 Å². The summed E-state index contributed by atoms with van der Waals surface area (Å²) in [5.41, 5.74) is 0. The van der Waals surface area contributed by atoms with Crippen molar-refractivity contribution in [2.75, 3.05) is 19.7 Å². The Morgan fingerprint density at radius 1 is 1.24 bits per heavy atom. The fraction of sp³-hybridized carbons (Fsp3) is 0.909. The molecule has 2 rings (SSSR count). The predicted octanol–water partition coefficient (Wildman–Crippen LogP) is 1.76. The topological polar surface area (TPSA) is 29.5 Å². The van der Waals surface area contributed by atoms with Crippen LogP contribution >= 0.6 is 0 Å². The second-order valence-corrected chi connectivity index (χ2v) is 4.77. The maximum Gasteiger partial charge on any atom is 0.411 e. The first-order valence-corrected chi connectivity index (χ1v) is 5.88. The van der Waals surface area contributed by atoms with Gasteiger partial charge in [-0.15, -0.1) is 0 Å². The molecule has 1 heterocycles. The zero-order chi connectivity index (χ0) is 12.5. The van der Waals surface area contributed by atoms with Crippen molar-refractivity contribution in [3.8, 4) is 0 Å². The summed E-state index contributed by atoms with van der Waals surface area (Å²) < 4.78 is 40.4. The molecule has 0 amide bonds. The van der Waals surface area contributed by atoms with Crippen LogP contribution < -0.4 is 0 Å². The van der Waals surface area contributed by atoms with E-state index in [1.807, 2.05) is 0 Å². The number of hydrogen-bond donors (Lipinski definition) is 0. The SMILES string of the molecule is O=C1CCC(N2CC(OCC(F)(F)F)C2)CC1. The highest BCUT2D eigenvalue weighted by Gasteiger charge is 2.37. The standard InChI is InChI=1S/C11H16F3NO2/c12-11(13,14)7-17-10-5-15(6-10)8-1-3-9(16)4-2-8/h8,10H,1-7H2. The van der Waals surface area contributed by atoms with Gasteiger partial charge in [-0.05, 0) is 12.8 Å². The van der Waals surface area contributed by atoms with Crippen molar-refractivity contribution in [1.82, 2.24) is 4.90 Å². The van der Waals surface area contributed by atoms with Crippen molar-refractivity contribution in [2.24, 2.45) is 0 Å². The van der Waals surface area contributed by atoms with E-state index in [4.69, 9.17) is 4.74 Å². The molecule has 0 aromatic rings. The van der Waals surface area contributed by atoms with Crippen LogP contribution in [0.2, 0.25) is 0 Å².